The number of aromatic carboxylic acids is 1. The van der Waals surface area contributed by atoms with E-state index in [-0.39, 0.29) is 23.2 Å². The van der Waals surface area contributed by atoms with Crippen LogP contribution in [-0.2, 0) is 9.47 Å². The number of thiophene rings is 1. The van der Waals surface area contributed by atoms with Crippen LogP contribution in [0.15, 0.2) is 24.5 Å². The zero-order valence-corrected chi connectivity index (χ0v) is 19.2. The van der Waals surface area contributed by atoms with Gasteiger partial charge in [-0.15, -0.1) is 11.3 Å². The van der Waals surface area contributed by atoms with Crippen molar-refractivity contribution in [2.45, 2.75) is 64.1 Å². The van der Waals surface area contributed by atoms with Gasteiger partial charge in [0.15, 0.2) is 5.79 Å². The summed E-state index contributed by atoms with van der Waals surface area (Å²) in [6.07, 6.45) is 3.35. The number of rotatable bonds is 5. The Bertz CT molecular complexity index is 1230. The van der Waals surface area contributed by atoms with E-state index in [0.717, 1.165) is 30.6 Å². The smallest absolute Gasteiger partial charge is 0.346 e. The molecule has 1 aromatic carbocycles. The first-order valence-electron chi connectivity index (χ1n) is 10.8. The highest BCUT2D eigenvalue weighted by molar-refractivity contribution is 7.20. The monoisotopic (exact) mass is 473 g/mol. The Morgan fingerprint density at radius 3 is 2.91 bits per heavy atom. The Morgan fingerprint density at radius 1 is 1.30 bits per heavy atom. The topological polar surface area (TPSA) is 103 Å². The van der Waals surface area contributed by atoms with E-state index >= 15 is 0 Å². The molecule has 174 valence electrons. The summed E-state index contributed by atoms with van der Waals surface area (Å²) < 4.78 is 32.6. The highest BCUT2D eigenvalue weighted by Gasteiger charge is 2.48. The van der Waals surface area contributed by atoms with Crippen LogP contribution in [0.3, 0.4) is 0 Å². The maximum absolute atomic E-state index is 14.2. The Balaban J connectivity index is 1.47. The molecule has 0 spiro atoms. The van der Waals surface area contributed by atoms with E-state index in [9.17, 15) is 14.3 Å². The van der Waals surface area contributed by atoms with Gasteiger partial charge in [-0.3, -0.25) is 0 Å². The Labute approximate surface area is 193 Å². The van der Waals surface area contributed by atoms with E-state index in [1.807, 2.05) is 13.8 Å². The molecule has 0 radical (unpaired) electrons. The number of hydrogen-bond donors (Lipinski definition) is 2. The van der Waals surface area contributed by atoms with Crippen molar-refractivity contribution in [2.75, 3.05) is 5.32 Å². The molecule has 2 aromatic heterocycles. The van der Waals surface area contributed by atoms with Gasteiger partial charge in [-0.2, -0.15) is 0 Å². The number of carboxylic acids is 1. The molecule has 2 N–H and O–H groups in total. The molecule has 33 heavy (non-hydrogen) atoms. The lowest BCUT2D eigenvalue weighted by Crippen LogP contribution is -2.42. The van der Waals surface area contributed by atoms with Crippen molar-refractivity contribution in [3.05, 3.63) is 40.8 Å². The van der Waals surface area contributed by atoms with Crippen LogP contribution in [0, 0.1) is 12.7 Å². The Morgan fingerprint density at radius 2 is 2.12 bits per heavy atom. The minimum atomic E-state index is -1.01. The minimum absolute atomic E-state index is 0.0619. The first-order valence-corrected chi connectivity index (χ1v) is 11.6. The molecule has 3 atom stereocenters. The Hall–Kier alpha value is -2.82. The molecule has 8 nitrogen and oxygen atoms in total. The van der Waals surface area contributed by atoms with Crippen LogP contribution in [0.5, 0.6) is 5.75 Å². The maximum atomic E-state index is 14.2. The van der Waals surface area contributed by atoms with Gasteiger partial charge in [0.25, 0.3) is 0 Å². The van der Waals surface area contributed by atoms with E-state index in [1.54, 1.807) is 13.0 Å². The number of nitrogens with one attached hydrogen (secondary N) is 1. The summed E-state index contributed by atoms with van der Waals surface area (Å²) in [5.74, 6) is -1.37. The van der Waals surface area contributed by atoms with Gasteiger partial charge in [0.2, 0.25) is 0 Å². The number of aryl methyl sites for hydroxylation is 1. The summed E-state index contributed by atoms with van der Waals surface area (Å²) in [5, 5.41) is 13.3. The molecule has 2 aliphatic rings. The molecule has 5 rings (SSSR count). The zero-order valence-electron chi connectivity index (χ0n) is 18.4. The molecule has 3 aromatic rings. The third-order valence-corrected chi connectivity index (χ3v) is 7.15. The number of hydrogen-bond acceptors (Lipinski definition) is 8. The molecule has 1 aliphatic heterocycles. The van der Waals surface area contributed by atoms with Gasteiger partial charge >= 0.3 is 5.97 Å². The van der Waals surface area contributed by atoms with Crippen molar-refractivity contribution in [1.29, 1.82) is 0 Å². The van der Waals surface area contributed by atoms with Gasteiger partial charge in [-0.25, -0.2) is 19.2 Å². The van der Waals surface area contributed by atoms with Crippen LogP contribution < -0.4 is 10.1 Å². The van der Waals surface area contributed by atoms with Gasteiger partial charge in [0.1, 0.15) is 45.6 Å². The van der Waals surface area contributed by atoms with Crippen LogP contribution in [-0.4, -0.2) is 45.1 Å². The number of nitrogens with zero attached hydrogens (tertiary/aromatic N) is 2. The summed E-state index contributed by atoms with van der Waals surface area (Å²) in [6.45, 7) is 5.49. The minimum Gasteiger partial charge on any atom is -0.485 e. The molecular formula is C23H24FN3O5S. The zero-order chi connectivity index (χ0) is 23.3. The quantitative estimate of drug-likeness (QED) is 0.532. The summed E-state index contributed by atoms with van der Waals surface area (Å²) in [6, 6.07) is 4.24. The average Bonchev–Trinajstić information content (AvgIpc) is 3.26. The van der Waals surface area contributed by atoms with E-state index in [4.69, 9.17) is 14.2 Å². The van der Waals surface area contributed by atoms with Crippen molar-refractivity contribution in [1.82, 2.24) is 9.97 Å². The average molecular weight is 474 g/mol. The first kappa shape index (κ1) is 22.0. The number of halogens is 1. The van der Waals surface area contributed by atoms with Crippen LogP contribution >= 0.6 is 11.3 Å². The number of carboxylic acid groups (broad SMARTS) is 1. The summed E-state index contributed by atoms with van der Waals surface area (Å²) in [5.41, 5.74) is 1.09. The van der Waals surface area contributed by atoms with Crippen molar-refractivity contribution in [3.63, 3.8) is 0 Å². The summed E-state index contributed by atoms with van der Waals surface area (Å²) in [4.78, 5) is 20.9. The lowest BCUT2D eigenvalue weighted by atomic mass is 9.92. The number of carbonyl (C=O) groups is 1. The van der Waals surface area contributed by atoms with Crippen molar-refractivity contribution in [2.24, 2.45) is 0 Å². The van der Waals surface area contributed by atoms with Crippen molar-refractivity contribution < 1.29 is 28.5 Å². The lowest BCUT2D eigenvalue weighted by Gasteiger charge is -2.32. The molecule has 10 heteroatoms. The molecule has 0 bridgehead atoms. The van der Waals surface area contributed by atoms with E-state index in [1.165, 1.54) is 18.5 Å². The van der Waals surface area contributed by atoms with Crippen molar-refractivity contribution >= 4 is 39.0 Å². The summed E-state index contributed by atoms with van der Waals surface area (Å²) >= 11 is 1.09. The van der Waals surface area contributed by atoms with Crippen LogP contribution in [0.1, 0.15) is 48.3 Å². The van der Waals surface area contributed by atoms with E-state index < -0.39 is 17.6 Å². The van der Waals surface area contributed by atoms with Crippen molar-refractivity contribution in [3.8, 4) is 5.75 Å². The van der Waals surface area contributed by atoms with Gasteiger partial charge < -0.3 is 24.6 Å². The summed E-state index contributed by atoms with van der Waals surface area (Å²) in [7, 11) is 0. The largest absolute Gasteiger partial charge is 0.485 e. The van der Waals surface area contributed by atoms with Crippen LogP contribution in [0.2, 0.25) is 0 Å². The lowest BCUT2D eigenvalue weighted by molar-refractivity contribution is -0.151. The standard InChI is InChI=1S/C23H24FN3O5S/c1-11-17-20(25-10-26-21(17)33-19(11)22(28)29)27-13-8-7-12(24)9-16(13)30-14-5-4-6-15-18(14)32-23(2,3)31-15/h7-10,14-15,18H,4-6H2,1-3H3,(H,28,29)(H,25,26,27). The van der Waals surface area contributed by atoms with Crippen LogP contribution in [0.4, 0.5) is 15.9 Å². The fourth-order valence-electron chi connectivity index (χ4n) is 4.57. The third-order valence-electron chi connectivity index (χ3n) is 5.96. The number of aromatic nitrogens is 2. The molecule has 1 saturated carbocycles. The number of ether oxygens (including phenoxy) is 3. The number of benzene rings is 1. The van der Waals surface area contributed by atoms with Crippen LogP contribution in [0.25, 0.3) is 10.2 Å². The normalized spacial score (nSPS) is 23.9. The van der Waals surface area contributed by atoms with Gasteiger partial charge in [0, 0.05) is 6.07 Å². The van der Waals surface area contributed by atoms with E-state index in [0.29, 0.717) is 33.0 Å². The van der Waals surface area contributed by atoms with Gasteiger partial charge in [-0.05, 0) is 57.7 Å². The fourth-order valence-corrected chi connectivity index (χ4v) is 5.56. The SMILES string of the molecule is Cc1c(C(=O)O)sc2ncnc(Nc3ccc(F)cc3OC3CCCC4OC(C)(C)OC34)c12. The molecular weight excluding hydrogens is 449 g/mol. The second-order valence-corrected chi connectivity index (χ2v) is 9.75. The molecule has 1 aliphatic carbocycles. The molecule has 1 saturated heterocycles. The van der Waals surface area contributed by atoms with Gasteiger partial charge in [0.05, 0.1) is 17.2 Å². The molecule has 0 amide bonds. The molecule has 3 unspecified atom stereocenters. The first-order chi connectivity index (χ1) is 15.7. The second kappa shape index (κ2) is 8.19. The second-order valence-electron chi connectivity index (χ2n) is 8.76. The van der Waals surface area contributed by atoms with E-state index in [2.05, 4.69) is 15.3 Å². The maximum Gasteiger partial charge on any atom is 0.346 e. The molecule has 2 fully saturated rings. The fraction of sp³-hybridized carbons (Fsp3) is 0.435. The number of anilines is 2. The predicted molar refractivity (Wildman–Crippen MR) is 121 cm³/mol. The predicted octanol–water partition coefficient (Wildman–Crippen LogP) is 5.03. The van der Waals surface area contributed by atoms with Gasteiger partial charge in [-0.1, -0.05) is 0 Å². The Kier molecular flexibility index (Phi) is 5.46. The number of fused-ring (bicyclic) bond motifs is 2. The molecule has 3 heterocycles. The third kappa shape index (κ3) is 4.14. The highest BCUT2D eigenvalue weighted by atomic mass is 32.1. The highest BCUT2D eigenvalue weighted by Crippen LogP contribution is 2.41.